The number of halogens is 2. The van der Waals surface area contributed by atoms with Gasteiger partial charge in [-0.25, -0.2) is 0 Å². The summed E-state index contributed by atoms with van der Waals surface area (Å²) in [7, 11) is 0. The van der Waals surface area contributed by atoms with E-state index in [9.17, 15) is 9.90 Å². The van der Waals surface area contributed by atoms with Crippen molar-refractivity contribution in [2.24, 2.45) is 0 Å². The maximum absolute atomic E-state index is 11.6. The molecule has 0 spiro atoms. The molecular formula is C16H15Cl2NO2S. The molecule has 1 aromatic carbocycles. The van der Waals surface area contributed by atoms with E-state index >= 15 is 0 Å². The third kappa shape index (κ3) is 3.01. The molecule has 0 saturated carbocycles. The van der Waals surface area contributed by atoms with Crippen LogP contribution in [0, 0.1) is 0 Å². The molecule has 3 nitrogen and oxygen atoms in total. The van der Waals surface area contributed by atoms with Crippen LogP contribution < -0.4 is 0 Å². The number of likely N-dealkylation sites (tertiary alicyclic amines) is 1. The summed E-state index contributed by atoms with van der Waals surface area (Å²) >= 11 is 14.0. The average molecular weight is 356 g/mol. The minimum atomic E-state index is -0.774. The minimum absolute atomic E-state index is 0.145. The number of thiophene rings is 1. The van der Waals surface area contributed by atoms with Crippen molar-refractivity contribution in [1.29, 1.82) is 0 Å². The molecule has 1 aliphatic rings. The Bertz CT molecular complexity index is 675. The molecule has 1 fully saturated rings. The molecule has 22 heavy (non-hydrogen) atoms. The zero-order chi connectivity index (χ0) is 15.7. The minimum Gasteiger partial charge on any atom is -0.480 e. The van der Waals surface area contributed by atoms with Crippen LogP contribution in [0.25, 0.3) is 0 Å². The van der Waals surface area contributed by atoms with Crippen LogP contribution >= 0.6 is 34.5 Å². The molecule has 2 unspecified atom stereocenters. The van der Waals surface area contributed by atoms with Crippen molar-refractivity contribution in [3.63, 3.8) is 0 Å². The van der Waals surface area contributed by atoms with Gasteiger partial charge < -0.3 is 5.11 Å². The summed E-state index contributed by atoms with van der Waals surface area (Å²) in [6, 6.07) is 8.79. The van der Waals surface area contributed by atoms with Gasteiger partial charge in [0.25, 0.3) is 0 Å². The van der Waals surface area contributed by atoms with Crippen LogP contribution in [0.1, 0.15) is 29.3 Å². The fourth-order valence-corrected chi connectivity index (χ4v) is 4.40. The maximum atomic E-state index is 11.6. The Balaban J connectivity index is 2.07. The van der Waals surface area contributed by atoms with E-state index in [4.69, 9.17) is 23.2 Å². The molecule has 2 heterocycles. The van der Waals surface area contributed by atoms with Gasteiger partial charge in [0.15, 0.2) is 0 Å². The van der Waals surface area contributed by atoms with Gasteiger partial charge in [-0.15, -0.1) is 11.3 Å². The molecule has 0 radical (unpaired) electrons. The Morgan fingerprint density at radius 3 is 2.82 bits per heavy atom. The van der Waals surface area contributed by atoms with E-state index in [0.717, 1.165) is 23.4 Å². The van der Waals surface area contributed by atoms with Crippen molar-refractivity contribution in [1.82, 2.24) is 4.90 Å². The van der Waals surface area contributed by atoms with Gasteiger partial charge in [-0.3, -0.25) is 9.69 Å². The summed E-state index contributed by atoms with van der Waals surface area (Å²) < 4.78 is 0. The molecule has 1 N–H and O–H groups in total. The van der Waals surface area contributed by atoms with Gasteiger partial charge in [0.2, 0.25) is 0 Å². The Labute approximate surface area is 143 Å². The Morgan fingerprint density at radius 1 is 1.36 bits per heavy atom. The van der Waals surface area contributed by atoms with E-state index in [1.54, 1.807) is 23.5 Å². The normalized spacial score (nSPS) is 20.2. The second-order valence-corrected chi connectivity index (χ2v) is 7.14. The largest absolute Gasteiger partial charge is 0.480 e. The van der Waals surface area contributed by atoms with E-state index in [1.165, 1.54) is 0 Å². The lowest BCUT2D eigenvalue weighted by Crippen LogP contribution is -2.39. The molecule has 6 heteroatoms. The predicted octanol–water partition coefficient (Wildman–Crippen LogP) is 4.69. The van der Waals surface area contributed by atoms with Crippen LogP contribution in [-0.2, 0) is 4.79 Å². The SMILES string of the molecule is O=C(O)C1CCCN1C(c1cccs1)c1ccc(Cl)cc1Cl. The monoisotopic (exact) mass is 355 g/mol. The van der Waals surface area contributed by atoms with E-state index in [-0.39, 0.29) is 6.04 Å². The number of hydrogen-bond donors (Lipinski definition) is 1. The highest BCUT2D eigenvalue weighted by atomic mass is 35.5. The molecule has 0 aliphatic carbocycles. The Kier molecular flexibility index (Phi) is 4.73. The Morgan fingerprint density at radius 2 is 2.18 bits per heavy atom. The first-order valence-electron chi connectivity index (χ1n) is 7.05. The van der Waals surface area contributed by atoms with Gasteiger partial charge in [0, 0.05) is 21.5 Å². The topological polar surface area (TPSA) is 40.5 Å². The van der Waals surface area contributed by atoms with Gasteiger partial charge in [0.05, 0.1) is 6.04 Å². The average Bonchev–Trinajstić information content (AvgIpc) is 3.13. The Hall–Kier alpha value is -1.07. The number of hydrogen-bond acceptors (Lipinski definition) is 3. The fraction of sp³-hybridized carbons (Fsp3) is 0.312. The second-order valence-electron chi connectivity index (χ2n) is 5.32. The van der Waals surface area contributed by atoms with Crippen LogP contribution in [0.3, 0.4) is 0 Å². The van der Waals surface area contributed by atoms with Crippen molar-refractivity contribution < 1.29 is 9.90 Å². The van der Waals surface area contributed by atoms with Crippen molar-refractivity contribution in [2.75, 3.05) is 6.54 Å². The first kappa shape index (κ1) is 15.8. The number of benzene rings is 1. The number of carboxylic acids is 1. The molecule has 0 bridgehead atoms. The highest BCUT2D eigenvalue weighted by molar-refractivity contribution is 7.10. The molecule has 1 aromatic heterocycles. The second kappa shape index (κ2) is 6.59. The first-order chi connectivity index (χ1) is 10.6. The highest BCUT2D eigenvalue weighted by Crippen LogP contribution is 2.40. The van der Waals surface area contributed by atoms with E-state index in [1.807, 2.05) is 28.5 Å². The number of carboxylic acid groups (broad SMARTS) is 1. The molecule has 116 valence electrons. The molecule has 1 aliphatic heterocycles. The van der Waals surface area contributed by atoms with Crippen LogP contribution in [0.5, 0.6) is 0 Å². The lowest BCUT2D eigenvalue weighted by Gasteiger charge is -2.31. The third-order valence-electron chi connectivity index (χ3n) is 3.98. The fourth-order valence-electron chi connectivity index (χ4n) is 3.03. The summed E-state index contributed by atoms with van der Waals surface area (Å²) in [5, 5.41) is 12.6. The summed E-state index contributed by atoms with van der Waals surface area (Å²) in [5.74, 6) is -0.774. The molecule has 2 aromatic rings. The van der Waals surface area contributed by atoms with Crippen molar-refractivity contribution in [3.8, 4) is 0 Å². The van der Waals surface area contributed by atoms with E-state index < -0.39 is 12.0 Å². The number of rotatable bonds is 4. The van der Waals surface area contributed by atoms with Gasteiger partial charge in [-0.05, 0) is 42.0 Å². The lowest BCUT2D eigenvalue weighted by atomic mass is 10.0. The summed E-state index contributed by atoms with van der Waals surface area (Å²) in [5.41, 5.74) is 0.904. The molecular weight excluding hydrogens is 341 g/mol. The molecule has 0 amide bonds. The van der Waals surface area contributed by atoms with Crippen molar-refractivity contribution in [2.45, 2.75) is 24.9 Å². The van der Waals surface area contributed by atoms with Crippen molar-refractivity contribution in [3.05, 3.63) is 56.2 Å². The lowest BCUT2D eigenvalue weighted by molar-refractivity contribution is -0.142. The highest BCUT2D eigenvalue weighted by Gasteiger charge is 2.37. The summed E-state index contributed by atoms with van der Waals surface area (Å²) in [6.45, 7) is 0.749. The zero-order valence-corrected chi connectivity index (χ0v) is 14.0. The number of nitrogens with zero attached hydrogens (tertiary/aromatic N) is 1. The summed E-state index contributed by atoms with van der Waals surface area (Å²) in [6.07, 6.45) is 1.55. The van der Waals surface area contributed by atoms with Gasteiger partial charge in [-0.2, -0.15) is 0 Å². The van der Waals surface area contributed by atoms with Gasteiger partial charge >= 0.3 is 5.97 Å². The number of aliphatic carboxylic acids is 1. The van der Waals surface area contributed by atoms with Gasteiger partial charge in [0.1, 0.15) is 6.04 Å². The van der Waals surface area contributed by atoms with Crippen LogP contribution in [0.2, 0.25) is 10.0 Å². The van der Waals surface area contributed by atoms with E-state index in [0.29, 0.717) is 16.5 Å². The van der Waals surface area contributed by atoms with Crippen LogP contribution in [0.15, 0.2) is 35.7 Å². The first-order valence-corrected chi connectivity index (χ1v) is 8.68. The zero-order valence-electron chi connectivity index (χ0n) is 11.7. The number of carbonyl (C=O) groups is 1. The maximum Gasteiger partial charge on any atom is 0.320 e. The van der Waals surface area contributed by atoms with Gasteiger partial charge in [-0.1, -0.05) is 35.3 Å². The van der Waals surface area contributed by atoms with Crippen molar-refractivity contribution >= 4 is 40.5 Å². The third-order valence-corrected chi connectivity index (χ3v) is 5.47. The molecule has 1 saturated heterocycles. The van der Waals surface area contributed by atoms with Crippen LogP contribution in [-0.4, -0.2) is 28.6 Å². The smallest absolute Gasteiger partial charge is 0.320 e. The molecule has 2 atom stereocenters. The summed E-state index contributed by atoms with van der Waals surface area (Å²) in [4.78, 5) is 14.7. The van der Waals surface area contributed by atoms with Crippen LogP contribution in [0.4, 0.5) is 0 Å². The standard InChI is InChI=1S/C16H15Cl2NO2S/c17-10-5-6-11(12(18)9-10)15(14-4-2-8-22-14)19-7-1-3-13(19)16(20)21/h2,4-6,8-9,13,15H,1,3,7H2,(H,20,21). The molecule has 3 rings (SSSR count). The predicted molar refractivity (Wildman–Crippen MR) is 90.0 cm³/mol. The quantitative estimate of drug-likeness (QED) is 0.864. The van der Waals surface area contributed by atoms with E-state index in [2.05, 4.69) is 0 Å².